The van der Waals surface area contributed by atoms with Gasteiger partial charge in [-0.25, -0.2) is 0 Å². The molecule has 0 atom stereocenters. The zero-order chi connectivity index (χ0) is 14.2. The van der Waals surface area contributed by atoms with Crippen molar-refractivity contribution >= 4 is 5.52 Å². The largest absolute Gasteiger partial charge is 0.284 e. The van der Waals surface area contributed by atoms with E-state index in [9.17, 15) is 4.79 Å². The van der Waals surface area contributed by atoms with Crippen molar-refractivity contribution < 1.29 is 0 Å². The molecule has 0 spiro atoms. The third-order valence-corrected chi connectivity index (χ3v) is 3.72. The Morgan fingerprint density at radius 1 is 1.05 bits per heavy atom. The first-order valence-electron chi connectivity index (χ1n) is 7.07. The molecule has 2 nitrogen and oxygen atoms in total. The highest BCUT2D eigenvalue weighted by atomic mass is 16.1. The molecule has 0 bridgehead atoms. The van der Waals surface area contributed by atoms with Crippen LogP contribution in [0.5, 0.6) is 0 Å². The molecule has 0 aliphatic rings. The summed E-state index contributed by atoms with van der Waals surface area (Å²) in [5, 5.41) is 0. The van der Waals surface area contributed by atoms with Crippen molar-refractivity contribution in [1.82, 2.24) is 4.40 Å². The van der Waals surface area contributed by atoms with Gasteiger partial charge in [0.2, 0.25) is 0 Å². The van der Waals surface area contributed by atoms with Crippen LogP contribution in [0, 0.1) is 0 Å². The van der Waals surface area contributed by atoms with Crippen molar-refractivity contribution in [3.63, 3.8) is 0 Å². The number of rotatable bonds is 2. The second-order valence-electron chi connectivity index (χ2n) is 6.05. The lowest BCUT2D eigenvalue weighted by molar-refractivity contribution is 0.583. The van der Waals surface area contributed by atoms with Crippen LogP contribution < -0.4 is 5.56 Å². The Labute approximate surface area is 115 Å². The highest BCUT2D eigenvalue weighted by Crippen LogP contribution is 2.31. The highest BCUT2D eigenvalue weighted by Gasteiger charge is 2.24. The minimum atomic E-state index is 0.0373. The van der Waals surface area contributed by atoms with E-state index in [0.29, 0.717) is 0 Å². The second-order valence-corrected chi connectivity index (χ2v) is 6.05. The predicted octanol–water partition coefficient (Wildman–Crippen LogP) is 3.72. The van der Waals surface area contributed by atoms with Gasteiger partial charge in [-0.2, -0.15) is 0 Å². The third-order valence-electron chi connectivity index (χ3n) is 3.72. The average Bonchev–Trinajstić information content (AvgIpc) is 2.36. The first-order chi connectivity index (χ1) is 8.91. The Morgan fingerprint density at radius 2 is 1.68 bits per heavy atom. The van der Waals surface area contributed by atoms with E-state index in [4.69, 9.17) is 0 Å². The molecule has 0 N–H and O–H groups in total. The molecule has 0 saturated heterocycles. The van der Waals surface area contributed by atoms with Crippen molar-refractivity contribution in [2.45, 2.75) is 52.9 Å². The zero-order valence-electron chi connectivity index (χ0n) is 12.6. The maximum absolute atomic E-state index is 12.6. The molecule has 0 aliphatic carbocycles. The SMILES string of the molecule is CCc1c(CC)c(=O)n2ccccc2c1C(C)(C)C. The van der Waals surface area contributed by atoms with E-state index in [2.05, 4.69) is 40.7 Å². The van der Waals surface area contributed by atoms with Crippen LogP contribution in [0.3, 0.4) is 0 Å². The van der Waals surface area contributed by atoms with E-state index in [0.717, 1.165) is 23.9 Å². The van der Waals surface area contributed by atoms with E-state index in [1.54, 1.807) is 4.40 Å². The van der Waals surface area contributed by atoms with Gasteiger partial charge in [-0.05, 0) is 41.5 Å². The molecule has 2 aromatic heterocycles. The first-order valence-corrected chi connectivity index (χ1v) is 7.07. The summed E-state index contributed by atoms with van der Waals surface area (Å²) in [6, 6.07) is 5.99. The molecule has 2 heterocycles. The molecule has 0 aliphatic heterocycles. The summed E-state index contributed by atoms with van der Waals surface area (Å²) in [5.74, 6) is 0. The molecule has 102 valence electrons. The topological polar surface area (TPSA) is 21.5 Å². The van der Waals surface area contributed by atoms with E-state index in [1.165, 1.54) is 11.1 Å². The van der Waals surface area contributed by atoms with Gasteiger partial charge in [0.05, 0.1) is 5.52 Å². The van der Waals surface area contributed by atoms with Crippen molar-refractivity contribution in [2.24, 2.45) is 0 Å². The molecule has 19 heavy (non-hydrogen) atoms. The summed E-state index contributed by atoms with van der Waals surface area (Å²) in [4.78, 5) is 12.6. The number of fused-ring (bicyclic) bond motifs is 1. The highest BCUT2D eigenvalue weighted by molar-refractivity contribution is 5.62. The fraction of sp³-hybridized carbons (Fsp3) is 0.471. The summed E-state index contributed by atoms with van der Waals surface area (Å²) in [5.41, 5.74) is 4.75. The van der Waals surface area contributed by atoms with Crippen molar-refractivity contribution in [3.05, 3.63) is 51.4 Å². The lowest BCUT2D eigenvalue weighted by Crippen LogP contribution is -2.27. The summed E-state index contributed by atoms with van der Waals surface area (Å²) >= 11 is 0. The fourth-order valence-electron chi connectivity index (χ4n) is 3.00. The van der Waals surface area contributed by atoms with Crippen LogP contribution in [0.15, 0.2) is 29.2 Å². The Kier molecular flexibility index (Phi) is 3.53. The number of hydrogen-bond donors (Lipinski definition) is 0. The number of hydrogen-bond acceptors (Lipinski definition) is 1. The standard InChI is InChI=1S/C17H23NO/c1-6-12-13(7-2)16(19)18-11-9-8-10-14(18)15(12)17(3,4)5/h8-11H,6-7H2,1-5H3. The van der Waals surface area contributed by atoms with Crippen LogP contribution in [-0.4, -0.2) is 4.40 Å². The third kappa shape index (κ3) is 2.20. The number of aromatic nitrogens is 1. The van der Waals surface area contributed by atoms with Crippen LogP contribution in [0.4, 0.5) is 0 Å². The molecular weight excluding hydrogens is 234 g/mol. The second kappa shape index (κ2) is 4.84. The van der Waals surface area contributed by atoms with Gasteiger partial charge in [0.1, 0.15) is 0 Å². The Morgan fingerprint density at radius 3 is 2.21 bits per heavy atom. The number of nitrogens with zero attached hydrogens (tertiary/aromatic N) is 1. The smallest absolute Gasteiger partial charge is 0.258 e. The lowest BCUT2D eigenvalue weighted by Gasteiger charge is -2.26. The molecule has 2 aromatic rings. The average molecular weight is 257 g/mol. The maximum Gasteiger partial charge on any atom is 0.258 e. The maximum atomic E-state index is 12.6. The monoisotopic (exact) mass is 257 g/mol. The van der Waals surface area contributed by atoms with Gasteiger partial charge in [0.25, 0.3) is 5.56 Å². The van der Waals surface area contributed by atoms with Crippen LogP contribution in [0.2, 0.25) is 0 Å². The Hall–Kier alpha value is -1.57. The number of pyridine rings is 2. The van der Waals surface area contributed by atoms with Crippen LogP contribution >= 0.6 is 0 Å². The molecule has 0 radical (unpaired) electrons. The van der Waals surface area contributed by atoms with Crippen LogP contribution in [-0.2, 0) is 18.3 Å². The van der Waals surface area contributed by atoms with E-state index < -0.39 is 0 Å². The normalized spacial score (nSPS) is 12.1. The van der Waals surface area contributed by atoms with Crippen LogP contribution in [0.25, 0.3) is 5.52 Å². The van der Waals surface area contributed by atoms with Gasteiger partial charge in [0.15, 0.2) is 0 Å². The molecule has 0 saturated carbocycles. The minimum Gasteiger partial charge on any atom is -0.284 e. The molecular formula is C17H23NO. The molecule has 2 rings (SSSR count). The lowest BCUT2D eigenvalue weighted by atomic mass is 9.80. The molecule has 0 unspecified atom stereocenters. The van der Waals surface area contributed by atoms with Gasteiger partial charge in [0, 0.05) is 11.8 Å². The Balaban J connectivity index is 3.06. The Bertz CT molecular complexity index is 659. The molecule has 0 amide bonds. The van der Waals surface area contributed by atoms with E-state index >= 15 is 0 Å². The molecule has 0 aromatic carbocycles. The van der Waals surface area contributed by atoms with Crippen LogP contribution in [0.1, 0.15) is 51.3 Å². The van der Waals surface area contributed by atoms with E-state index in [-0.39, 0.29) is 11.0 Å². The van der Waals surface area contributed by atoms with Crippen molar-refractivity contribution in [2.75, 3.05) is 0 Å². The molecule has 0 fully saturated rings. The summed E-state index contributed by atoms with van der Waals surface area (Å²) < 4.78 is 1.80. The zero-order valence-corrected chi connectivity index (χ0v) is 12.6. The fourth-order valence-corrected chi connectivity index (χ4v) is 3.00. The molecule has 2 heteroatoms. The van der Waals surface area contributed by atoms with Gasteiger partial charge in [-0.1, -0.05) is 40.7 Å². The quantitative estimate of drug-likeness (QED) is 0.803. The van der Waals surface area contributed by atoms with Gasteiger partial charge >= 0.3 is 0 Å². The van der Waals surface area contributed by atoms with Gasteiger partial charge in [-0.15, -0.1) is 0 Å². The first kappa shape index (κ1) is 13.9. The minimum absolute atomic E-state index is 0.0373. The van der Waals surface area contributed by atoms with Gasteiger partial charge in [-0.3, -0.25) is 9.20 Å². The van der Waals surface area contributed by atoms with E-state index in [1.807, 2.05) is 18.3 Å². The van der Waals surface area contributed by atoms with Gasteiger partial charge < -0.3 is 0 Å². The van der Waals surface area contributed by atoms with Crippen molar-refractivity contribution in [3.8, 4) is 0 Å². The predicted molar refractivity (Wildman–Crippen MR) is 81.1 cm³/mol. The summed E-state index contributed by atoms with van der Waals surface area (Å²) in [7, 11) is 0. The summed E-state index contributed by atoms with van der Waals surface area (Å²) in [6.45, 7) is 10.9. The summed E-state index contributed by atoms with van der Waals surface area (Å²) in [6.07, 6.45) is 3.59. The van der Waals surface area contributed by atoms with Crippen molar-refractivity contribution in [1.29, 1.82) is 0 Å².